The van der Waals surface area contributed by atoms with Crippen LogP contribution in [0.2, 0.25) is 0 Å². The van der Waals surface area contributed by atoms with Crippen molar-refractivity contribution >= 4 is 29.5 Å². The van der Waals surface area contributed by atoms with Gasteiger partial charge in [-0.25, -0.2) is 4.79 Å². The molecule has 3 atom stereocenters. The quantitative estimate of drug-likeness (QED) is 0.688. The van der Waals surface area contributed by atoms with E-state index >= 15 is 0 Å². The molecule has 28 heavy (non-hydrogen) atoms. The summed E-state index contributed by atoms with van der Waals surface area (Å²) in [6.45, 7) is 2.64. The van der Waals surface area contributed by atoms with Gasteiger partial charge in [-0.2, -0.15) is 13.2 Å². The van der Waals surface area contributed by atoms with Gasteiger partial charge in [-0.15, -0.1) is 11.8 Å². The molecule has 8 nitrogen and oxygen atoms in total. The first-order valence-corrected chi connectivity index (χ1v) is 9.01. The van der Waals surface area contributed by atoms with Crippen molar-refractivity contribution in [2.24, 2.45) is 0 Å². The zero-order valence-corrected chi connectivity index (χ0v) is 15.5. The molecule has 2 aliphatic heterocycles. The molecule has 1 aromatic heterocycles. The third-order valence-corrected chi connectivity index (χ3v) is 6.20. The van der Waals surface area contributed by atoms with E-state index in [0.29, 0.717) is 10.6 Å². The standard InChI is InChI=1S/C16H16F3N3O5S/c1-15(2)10(14(26)27)22-12(25)9(13(22)28-15)20-8(23)6-21-5-3-4-7(11(21)24)16(17,18)19/h3-5,9-10,13H,6H2,1-2H3,(H,20,23)(H,26,27)/t9-,10+,13-/m1/s1. The molecular weight excluding hydrogens is 403 g/mol. The minimum Gasteiger partial charge on any atom is -0.480 e. The van der Waals surface area contributed by atoms with Crippen LogP contribution in [-0.2, 0) is 27.1 Å². The average molecular weight is 419 g/mol. The fourth-order valence-corrected chi connectivity index (χ4v) is 5.02. The highest BCUT2D eigenvalue weighted by Gasteiger charge is 2.64. The second-order valence-corrected chi connectivity index (χ2v) is 8.77. The summed E-state index contributed by atoms with van der Waals surface area (Å²) in [7, 11) is 0. The van der Waals surface area contributed by atoms with E-state index in [1.165, 1.54) is 16.7 Å². The third kappa shape index (κ3) is 3.25. The summed E-state index contributed by atoms with van der Waals surface area (Å²) in [6, 6.07) is -0.426. The molecule has 0 aliphatic carbocycles. The lowest BCUT2D eigenvalue weighted by molar-refractivity contribution is -0.161. The summed E-state index contributed by atoms with van der Waals surface area (Å²) in [5.41, 5.74) is -2.76. The van der Waals surface area contributed by atoms with Gasteiger partial charge in [0.15, 0.2) is 0 Å². The first kappa shape index (κ1) is 20.2. The minimum absolute atomic E-state index is 0.583. The molecule has 2 amide bonds. The van der Waals surface area contributed by atoms with E-state index in [0.717, 1.165) is 12.3 Å². The maximum absolute atomic E-state index is 12.8. The normalized spacial score (nSPS) is 25.8. The van der Waals surface area contributed by atoms with Crippen molar-refractivity contribution in [2.75, 3.05) is 0 Å². The number of carbonyl (C=O) groups excluding carboxylic acids is 2. The molecule has 0 radical (unpaired) electrons. The van der Waals surface area contributed by atoms with Gasteiger partial charge >= 0.3 is 12.1 Å². The van der Waals surface area contributed by atoms with Crippen molar-refractivity contribution in [1.29, 1.82) is 0 Å². The van der Waals surface area contributed by atoms with Gasteiger partial charge in [0, 0.05) is 10.9 Å². The fraction of sp³-hybridized carbons (Fsp3) is 0.500. The van der Waals surface area contributed by atoms with Crippen molar-refractivity contribution in [3.05, 3.63) is 34.2 Å². The van der Waals surface area contributed by atoms with Crippen LogP contribution in [0.1, 0.15) is 19.4 Å². The summed E-state index contributed by atoms with van der Waals surface area (Å²) in [5, 5.41) is 11.1. The predicted molar refractivity (Wildman–Crippen MR) is 91.4 cm³/mol. The Balaban J connectivity index is 1.72. The molecule has 0 bridgehead atoms. The van der Waals surface area contributed by atoms with Gasteiger partial charge in [0.05, 0.1) is 0 Å². The highest BCUT2D eigenvalue weighted by atomic mass is 32.2. The Morgan fingerprint density at radius 3 is 2.54 bits per heavy atom. The first-order chi connectivity index (χ1) is 12.8. The Hall–Kier alpha value is -2.50. The molecule has 1 aromatic rings. The number of β-lactam (4-membered cyclic amide) rings is 1. The van der Waals surface area contributed by atoms with Gasteiger partial charge in [0.1, 0.15) is 29.6 Å². The minimum atomic E-state index is -4.85. The molecule has 3 rings (SSSR count). The number of carbonyl (C=O) groups is 3. The first-order valence-electron chi connectivity index (χ1n) is 8.13. The summed E-state index contributed by atoms with van der Waals surface area (Å²) in [6.07, 6.45) is -3.81. The van der Waals surface area contributed by atoms with Crippen LogP contribution in [0.25, 0.3) is 0 Å². The van der Waals surface area contributed by atoms with Gasteiger partial charge < -0.3 is 19.9 Å². The van der Waals surface area contributed by atoms with Gasteiger partial charge in [-0.3, -0.25) is 14.4 Å². The summed E-state index contributed by atoms with van der Waals surface area (Å²) >= 11 is 1.22. The summed E-state index contributed by atoms with van der Waals surface area (Å²) in [4.78, 5) is 49.0. The summed E-state index contributed by atoms with van der Waals surface area (Å²) < 4.78 is 38.2. The molecule has 0 unspecified atom stereocenters. The Bertz CT molecular complexity index is 914. The molecule has 0 saturated carbocycles. The lowest BCUT2D eigenvalue weighted by Crippen LogP contribution is -2.70. The molecule has 2 aliphatic rings. The highest BCUT2D eigenvalue weighted by Crippen LogP contribution is 2.50. The highest BCUT2D eigenvalue weighted by molar-refractivity contribution is 8.01. The smallest absolute Gasteiger partial charge is 0.421 e. The third-order valence-electron chi connectivity index (χ3n) is 4.63. The summed E-state index contributed by atoms with van der Waals surface area (Å²) in [5.74, 6) is -2.56. The number of nitrogens with one attached hydrogen (secondary N) is 1. The number of amides is 2. The lowest BCUT2D eigenvalue weighted by atomic mass is 9.96. The molecule has 2 saturated heterocycles. The van der Waals surface area contributed by atoms with Crippen LogP contribution < -0.4 is 10.9 Å². The SMILES string of the molecule is CC1(C)S[C@@H]2[C@H](NC(=O)Cn3cccc(C(F)(F)F)c3=O)C(=O)N2[C@H]1C(=O)O. The van der Waals surface area contributed by atoms with Crippen molar-refractivity contribution in [3.63, 3.8) is 0 Å². The number of aliphatic carboxylic acids is 1. The predicted octanol–water partition coefficient (Wildman–Crippen LogP) is 0.499. The van der Waals surface area contributed by atoms with Gasteiger partial charge in [-0.1, -0.05) is 0 Å². The number of alkyl halides is 3. The van der Waals surface area contributed by atoms with Crippen LogP contribution in [-0.4, -0.2) is 54.6 Å². The topological polar surface area (TPSA) is 109 Å². The second kappa shape index (κ2) is 6.54. The van der Waals surface area contributed by atoms with Gasteiger partial charge in [-0.05, 0) is 26.0 Å². The van der Waals surface area contributed by atoms with E-state index in [9.17, 15) is 37.5 Å². The number of thioether (sulfide) groups is 1. The Kier molecular flexibility index (Phi) is 4.72. The fourth-order valence-electron chi connectivity index (χ4n) is 3.40. The van der Waals surface area contributed by atoms with Crippen LogP contribution in [0, 0.1) is 0 Å². The largest absolute Gasteiger partial charge is 0.480 e. The molecule has 2 fully saturated rings. The number of hydrogen-bond acceptors (Lipinski definition) is 5. The number of hydrogen-bond donors (Lipinski definition) is 2. The van der Waals surface area contributed by atoms with E-state index in [4.69, 9.17) is 0 Å². The van der Waals surface area contributed by atoms with Crippen molar-refractivity contribution in [3.8, 4) is 0 Å². The molecule has 0 spiro atoms. The Labute approximate surface area is 160 Å². The number of halogens is 3. The molecule has 152 valence electrons. The molecule has 12 heteroatoms. The van der Waals surface area contributed by atoms with E-state index in [-0.39, 0.29) is 0 Å². The number of rotatable bonds is 4. The van der Waals surface area contributed by atoms with Crippen LogP contribution in [0.3, 0.4) is 0 Å². The number of carboxylic acids is 1. The van der Waals surface area contributed by atoms with Crippen LogP contribution in [0.15, 0.2) is 23.1 Å². The number of aromatic nitrogens is 1. The van der Waals surface area contributed by atoms with Crippen molar-refractivity contribution in [1.82, 2.24) is 14.8 Å². The maximum Gasteiger partial charge on any atom is 0.421 e. The lowest BCUT2D eigenvalue weighted by Gasteiger charge is -2.43. The van der Waals surface area contributed by atoms with Gasteiger partial charge in [0.2, 0.25) is 11.8 Å². The van der Waals surface area contributed by atoms with E-state index in [1.807, 2.05) is 0 Å². The average Bonchev–Trinajstić information content (AvgIpc) is 2.82. The number of carboxylic acid groups (broad SMARTS) is 1. The van der Waals surface area contributed by atoms with Crippen LogP contribution in [0.5, 0.6) is 0 Å². The number of nitrogens with zero attached hydrogens (tertiary/aromatic N) is 2. The van der Waals surface area contributed by atoms with Crippen molar-refractivity contribution < 1.29 is 32.7 Å². The number of pyridine rings is 1. The second-order valence-electron chi connectivity index (χ2n) is 7.00. The maximum atomic E-state index is 12.8. The van der Waals surface area contributed by atoms with Crippen molar-refractivity contribution in [2.45, 2.75) is 48.8 Å². The van der Waals surface area contributed by atoms with E-state index in [1.54, 1.807) is 13.8 Å². The molecule has 2 N–H and O–H groups in total. The van der Waals surface area contributed by atoms with Gasteiger partial charge in [0.25, 0.3) is 5.56 Å². The van der Waals surface area contributed by atoms with Crippen LogP contribution in [0.4, 0.5) is 13.2 Å². The Morgan fingerprint density at radius 2 is 1.96 bits per heavy atom. The monoisotopic (exact) mass is 419 g/mol. The number of fused-ring (bicyclic) bond motifs is 1. The molecular formula is C16H16F3N3O5S. The zero-order chi connectivity index (χ0) is 21.0. The zero-order valence-electron chi connectivity index (χ0n) is 14.7. The molecule has 0 aromatic carbocycles. The van der Waals surface area contributed by atoms with E-state index in [2.05, 4.69) is 5.32 Å². The molecule has 3 heterocycles. The van der Waals surface area contributed by atoms with E-state index < -0.39 is 63.8 Å². The Morgan fingerprint density at radius 1 is 1.32 bits per heavy atom. The van der Waals surface area contributed by atoms with Crippen LogP contribution >= 0.6 is 11.8 Å².